The maximum Gasteiger partial charge on any atom is 0.270 e. The molecule has 4 aromatic rings. The van der Waals surface area contributed by atoms with Crippen LogP contribution in [0.25, 0.3) is 17.3 Å². The number of nitro benzene ring substituents is 1. The lowest BCUT2D eigenvalue weighted by molar-refractivity contribution is -0.384. The van der Waals surface area contributed by atoms with Crippen molar-refractivity contribution in [3.05, 3.63) is 106 Å². The number of amides is 1. The van der Waals surface area contributed by atoms with Crippen molar-refractivity contribution in [2.45, 2.75) is 5.16 Å². The average molecular weight is 534 g/mol. The number of non-ortho nitro benzene ring substituents is 1. The first-order chi connectivity index (χ1) is 18.9. The second-order valence-corrected chi connectivity index (χ2v) is 8.72. The summed E-state index contributed by atoms with van der Waals surface area (Å²) in [5.41, 5.74) is 2.19. The third kappa shape index (κ3) is 6.43. The van der Waals surface area contributed by atoms with Gasteiger partial charge in [-0.3, -0.25) is 14.9 Å². The first kappa shape index (κ1) is 26.5. The van der Waals surface area contributed by atoms with Crippen molar-refractivity contribution < 1.29 is 9.72 Å². The molecule has 0 saturated carbocycles. The molecule has 0 saturated heterocycles. The van der Waals surface area contributed by atoms with Crippen LogP contribution in [0.15, 0.2) is 89.6 Å². The van der Waals surface area contributed by atoms with E-state index in [4.69, 9.17) is 0 Å². The van der Waals surface area contributed by atoms with Crippen molar-refractivity contribution in [3.63, 3.8) is 0 Å². The maximum atomic E-state index is 12.7. The van der Waals surface area contributed by atoms with Gasteiger partial charge in [0.2, 0.25) is 0 Å². The number of hydrogen-bond acceptors (Lipinski definition) is 9. The molecule has 1 aromatic heterocycles. The standard InChI is InChI=1S/C28H19N7O3S/c1-39-28-33-25(19-9-5-12-23(14-19)35(37)38)24(17-30)26(34-28)31-21-10-6-11-22(15-21)32-27(36)20(16-29)13-18-7-3-2-4-8-18/h2-15H,1H3,(H,32,36)(H,31,33,34)/b20-13+. The number of nitriles is 2. The van der Waals surface area contributed by atoms with E-state index in [0.717, 1.165) is 5.56 Å². The molecule has 1 amide bonds. The molecule has 10 nitrogen and oxygen atoms in total. The van der Waals surface area contributed by atoms with E-state index < -0.39 is 10.8 Å². The molecule has 0 bridgehead atoms. The van der Waals surface area contributed by atoms with E-state index in [1.54, 1.807) is 48.7 Å². The molecule has 1 heterocycles. The van der Waals surface area contributed by atoms with Gasteiger partial charge >= 0.3 is 0 Å². The Morgan fingerprint density at radius 2 is 1.74 bits per heavy atom. The van der Waals surface area contributed by atoms with Crippen LogP contribution in [0, 0.1) is 32.8 Å². The summed E-state index contributed by atoms with van der Waals surface area (Å²) in [6, 6.07) is 25.6. The van der Waals surface area contributed by atoms with Gasteiger partial charge < -0.3 is 10.6 Å². The molecule has 11 heteroatoms. The number of aromatic nitrogens is 2. The number of hydrogen-bond donors (Lipinski definition) is 2. The normalized spacial score (nSPS) is 10.7. The van der Waals surface area contributed by atoms with Gasteiger partial charge in [-0.05, 0) is 36.1 Å². The Morgan fingerprint density at radius 3 is 2.44 bits per heavy atom. The molecule has 0 aliphatic rings. The van der Waals surface area contributed by atoms with Crippen LogP contribution in [-0.4, -0.2) is 27.1 Å². The Hall–Kier alpha value is -5.52. The second-order valence-electron chi connectivity index (χ2n) is 7.94. The molecule has 190 valence electrons. The zero-order chi connectivity index (χ0) is 27.8. The Bertz CT molecular complexity index is 1680. The van der Waals surface area contributed by atoms with Crippen LogP contribution in [0.3, 0.4) is 0 Å². The molecule has 0 atom stereocenters. The smallest absolute Gasteiger partial charge is 0.270 e. The molecule has 3 aromatic carbocycles. The Kier molecular flexibility index (Phi) is 8.27. The van der Waals surface area contributed by atoms with E-state index in [2.05, 4.69) is 26.7 Å². The molecule has 0 aliphatic heterocycles. The topological polar surface area (TPSA) is 158 Å². The van der Waals surface area contributed by atoms with Crippen molar-refractivity contribution in [1.29, 1.82) is 10.5 Å². The van der Waals surface area contributed by atoms with Gasteiger partial charge in [-0.2, -0.15) is 10.5 Å². The largest absolute Gasteiger partial charge is 0.339 e. The maximum absolute atomic E-state index is 12.7. The highest BCUT2D eigenvalue weighted by Crippen LogP contribution is 2.32. The summed E-state index contributed by atoms with van der Waals surface area (Å²) in [5.74, 6) is -0.376. The molecule has 4 rings (SSSR count). The highest BCUT2D eigenvalue weighted by molar-refractivity contribution is 7.98. The Labute approximate surface area is 227 Å². The third-order valence-electron chi connectivity index (χ3n) is 5.37. The lowest BCUT2D eigenvalue weighted by Crippen LogP contribution is -2.13. The summed E-state index contributed by atoms with van der Waals surface area (Å²) in [5, 5.41) is 36.9. The van der Waals surface area contributed by atoms with Gasteiger partial charge in [0.1, 0.15) is 23.3 Å². The predicted octanol–water partition coefficient (Wildman–Crippen LogP) is 5.93. The molecule has 0 unspecified atom stereocenters. The van der Waals surface area contributed by atoms with Crippen LogP contribution in [-0.2, 0) is 4.79 Å². The summed E-state index contributed by atoms with van der Waals surface area (Å²) >= 11 is 1.25. The lowest BCUT2D eigenvalue weighted by atomic mass is 10.1. The van der Waals surface area contributed by atoms with E-state index in [0.29, 0.717) is 22.1 Å². The van der Waals surface area contributed by atoms with Gasteiger partial charge in [-0.1, -0.05) is 60.3 Å². The fourth-order valence-electron chi connectivity index (χ4n) is 3.58. The third-order valence-corrected chi connectivity index (χ3v) is 5.92. The van der Waals surface area contributed by atoms with Gasteiger partial charge in [-0.15, -0.1) is 0 Å². The van der Waals surface area contributed by atoms with E-state index in [1.807, 2.05) is 24.3 Å². The average Bonchev–Trinajstić information content (AvgIpc) is 2.96. The highest BCUT2D eigenvalue weighted by atomic mass is 32.2. The number of anilines is 3. The number of nitrogens with zero attached hydrogens (tertiary/aromatic N) is 5. The SMILES string of the molecule is CSc1nc(Nc2cccc(NC(=O)/C(C#N)=C/c3ccccc3)c2)c(C#N)c(-c2cccc([N+](=O)[O-])c2)n1. The van der Waals surface area contributed by atoms with Gasteiger partial charge in [0, 0.05) is 29.1 Å². The minimum absolute atomic E-state index is 0.0617. The first-order valence-electron chi connectivity index (χ1n) is 11.4. The van der Waals surface area contributed by atoms with Crippen molar-refractivity contribution in [2.75, 3.05) is 16.9 Å². The predicted molar refractivity (Wildman–Crippen MR) is 149 cm³/mol. The van der Waals surface area contributed by atoms with Gasteiger partial charge in [0.15, 0.2) is 11.0 Å². The zero-order valence-electron chi connectivity index (χ0n) is 20.5. The van der Waals surface area contributed by atoms with Crippen LogP contribution in [0.1, 0.15) is 11.1 Å². The van der Waals surface area contributed by atoms with Crippen LogP contribution < -0.4 is 10.6 Å². The number of benzene rings is 3. The molecular formula is C28H19N7O3S. The van der Waals surface area contributed by atoms with Crippen LogP contribution in [0.5, 0.6) is 0 Å². The minimum atomic E-state index is -0.573. The van der Waals surface area contributed by atoms with E-state index in [1.165, 1.54) is 36.0 Å². The Balaban J connectivity index is 1.64. The first-order valence-corrected chi connectivity index (χ1v) is 12.6. The van der Waals surface area contributed by atoms with Gasteiger partial charge in [-0.25, -0.2) is 9.97 Å². The van der Waals surface area contributed by atoms with Crippen molar-refractivity contribution in [2.24, 2.45) is 0 Å². The van der Waals surface area contributed by atoms with Gasteiger partial charge in [0.05, 0.1) is 10.6 Å². The van der Waals surface area contributed by atoms with Crippen LogP contribution in [0.2, 0.25) is 0 Å². The summed E-state index contributed by atoms with van der Waals surface area (Å²) in [6.45, 7) is 0. The lowest BCUT2D eigenvalue weighted by Gasteiger charge is -2.13. The minimum Gasteiger partial charge on any atom is -0.339 e. The van der Waals surface area contributed by atoms with Crippen molar-refractivity contribution in [1.82, 2.24) is 9.97 Å². The molecule has 0 radical (unpaired) electrons. The summed E-state index contributed by atoms with van der Waals surface area (Å²) in [7, 11) is 0. The van der Waals surface area contributed by atoms with E-state index >= 15 is 0 Å². The zero-order valence-corrected chi connectivity index (χ0v) is 21.3. The molecule has 0 aliphatic carbocycles. The number of carbonyl (C=O) groups excluding carboxylic acids is 1. The van der Waals surface area contributed by atoms with E-state index in [-0.39, 0.29) is 28.3 Å². The monoisotopic (exact) mass is 533 g/mol. The van der Waals surface area contributed by atoms with Crippen LogP contribution in [0.4, 0.5) is 22.9 Å². The summed E-state index contributed by atoms with van der Waals surface area (Å²) < 4.78 is 0. The molecule has 0 spiro atoms. The highest BCUT2D eigenvalue weighted by Gasteiger charge is 2.18. The Morgan fingerprint density at radius 1 is 1.00 bits per heavy atom. The number of rotatable bonds is 8. The molecule has 39 heavy (non-hydrogen) atoms. The molecule has 2 N–H and O–H groups in total. The second kappa shape index (κ2) is 12.1. The molecule has 0 fully saturated rings. The van der Waals surface area contributed by atoms with Crippen LogP contribution >= 0.6 is 11.8 Å². The summed E-state index contributed by atoms with van der Waals surface area (Å²) in [6.07, 6.45) is 3.27. The number of nitrogens with one attached hydrogen (secondary N) is 2. The molecular weight excluding hydrogens is 514 g/mol. The van der Waals surface area contributed by atoms with Gasteiger partial charge in [0.25, 0.3) is 11.6 Å². The van der Waals surface area contributed by atoms with Crippen molar-refractivity contribution in [3.8, 4) is 23.4 Å². The fraction of sp³-hybridized carbons (Fsp3) is 0.0357. The number of carbonyl (C=O) groups is 1. The fourth-order valence-corrected chi connectivity index (χ4v) is 3.94. The number of nitro groups is 1. The van der Waals surface area contributed by atoms with E-state index in [9.17, 15) is 25.4 Å². The number of thioether (sulfide) groups is 1. The summed E-state index contributed by atoms with van der Waals surface area (Å²) in [4.78, 5) is 32.4. The van der Waals surface area contributed by atoms with Crippen molar-refractivity contribution >= 4 is 46.6 Å². The quantitative estimate of drug-likeness (QED) is 0.0698.